The predicted molar refractivity (Wildman–Crippen MR) is 239 cm³/mol. The van der Waals surface area contributed by atoms with Crippen LogP contribution < -0.4 is 15.4 Å². The summed E-state index contributed by atoms with van der Waals surface area (Å²) in [4.78, 5) is 73.0. The van der Waals surface area contributed by atoms with E-state index in [0.717, 1.165) is 74.8 Å². The van der Waals surface area contributed by atoms with Gasteiger partial charge in [-0.15, -0.1) is 0 Å². The molecule has 3 fully saturated rings. The van der Waals surface area contributed by atoms with Crippen molar-refractivity contribution in [2.45, 2.75) is 135 Å². The van der Waals surface area contributed by atoms with Crippen LogP contribution >= 0.6 is 0 Å². The van der Waals surface area contributed by atoms with E-state index in [4.69, 9.17) is 24.2 Å². The minimum Gasteiger partial charge on any atom is -0.488 e. The first-order valence-corrected chi connectivity index (χ1v) is 22.6. The summed E-state index contributed by atoms with van der Waals surface area (Å²) in [6, 6.07) is 12.2. The normalized spacial score (nSPS) is 25.2. The van der Waals surface area contributed by atoms with Crippen molar-refractivity contribution >= 4 is 45.8 Å². The van der Waals surface area contributed by atoms with Gasteiger partial charge in [-0.3, -0.25) is 9.59 Å². The molecule has 1 unspecified atom stereocenters. The van der Waals surface area contributed by atoms with E-state index in [0.29, 0.717) is 37.5 Å². The summed E-state index contributed by atoms with van der Waals surface area (Å²) in [5.41, 5.74) is 6.49. The van der Waals surface area contributed by atoms with Gasteiger partial charge in [-0.2, -0.15) is 0 Å². The van der Waals surface area contributed by atoms with Gasteiger partial charge in [0.15, 0.2) is 0 Å². The van der Waals surface area contributed by atoms with Crippen molar-refractivity contribution < 1.29 is 38.5 Å². The molecule has 0 spiro atoms. The van der Waals surface area contributed by atoms with Gasteiger partial charge in [-0.05, 0) is 124 Å². The van der Waals surface area contributed by atoms with Gasteiger partial charge >= 0.3 is 12.2 Å². The molecule has 0 aliphatic carbocycles. The number of alkyl carbamates (subject to hydrolysis) is 1. The minimum atomic E-state index is -1.22. The molecule has 5 aromatic rings. The van der Waals surface area contributed by atoms with Crippen molar-refractivity contribution in [3.63, 3.8) is 0 Å². The molecule has 4 aliphatic rings. The number of likely N-dealkylation sites (tertiary alicyclic amines) is 2. The van der Waals surface area contributed by atoms with Crippen LogP contribution in [0.3, 0.4) is 0 Å². The SMILES string of the molecule is COC(=O)N[C@@H](C(=O)N1[C@@H](C)CC[C@H]1c1ncc(-c2ccc3c(c2)COc2cc4c(ccc5nc([C@@H]6CC[C@H](C)N6C(=O)[C@@H](NC(=O)O)C(C)C)[nH]c54)cc2-3)[nH]1)C1C[C@@H](C)O[C@@H](C)C1. The lowest BCUT2D eigenvalue weighted by atomic mass is 9.85. The van der Waals surface area contributed by atoms with E-state index in [9.17, 15) is 24.3 Å². The lowest BCUT2D eigenvalue weighted by Crippen LogP contribution is -2.55. The van der Waals surface area contributed by atoms with Gasteiger partial charge in [-0.25, -0.2) is 19.6 Å². The summed E-state index contributed by atoms with van der Waals surface area (Å²) in [6.07, 6.45) is 4.25. The molecule has 2 aromatic heterocycles. The summed E-state index contributed by atoms with van der Waals surface area (Å²) >= 11 is 0. The maximum atomic E-state index is 14.5. The fraction of sp³-hybridized carbons (Fsp3) is 0.500. The number of H-pyrrole nitrogens is 2. The summed E-state index contributed by atoms with van der Waals surface area (Å²) < 4.78 is 17.4. The van der Waals surface area contributed by atoms with Crippen molar-refractivity contribution in [2.24, 2.45) is 11.8 Å². The molecule has 3 saturated heterocycles. The quantitative estimate of drug-likeness (QED) is 0.0966. The highest BCUT2D eigenvalue weighted by Gasteiger charge is 2.45. The van der Waals surface area contributed by atoms with Crippen LogP contribution in [0.25, 0.3) is 44.2 Å². The smallest absolute Gasteiger partial charge is 0.407 e. The molecule has 0 bridgehead atoms. The number of aromatic nitrogens is 4. The largest absolute Gasteiger partial charge is 0.488 e. The molecule has 9 rings (SSSR count). The zero-order valence-corrected chi connectivity index (χ0v) is 37.4. The van der Waals surface area contributed by atoms with Gasteiger partial charge in [-0.1, -0.05) is 32.0 Å². The van der Waals surface area contributed by atoms with E-state index in [-0.39, 0.29) is 60.0 Å². The highest BCUT2D eigenvalue weighted by Crippen LogP contribution is 2.44. The number of hydrogen-bond donors (Lipinski definition) is 5. The Morgan fingerprint density at radius 2 is 1.55 bits per heavy atom. The number of methoxy groups -OCH3 is 1. The first-order valence-electron chi connectivity index (χ1n) is 22.6. The van der Waals surface area contributed by atoms with Gasteiger partial charge in [0.2, 0.25) is 11.8 Å². The van der Waals surface area contributed by atoms with Crippen molar-refractivity contribution in [2.75, 3.05) is 7.11 Å². The third-order valence-electron chi connectivity index (χ3n) is 13.9. The molecule has 6 heterocycles. The number of rotatable bonds is 9. The molecule has 64 heavy (non-hydrogen) atoms. The fourth-order valence-electron chi connectivity index (χ4n) is 10.8. The van der Waals surface area contributed by atoms with Crippen molar-refractivity contribution in [1.82, 2.24) is 40.4 Å². The number of aromatic amines is 2. The topological polar surface area (TPSA) is 204 Å². The van der Waals surface area contributed by atoms with Crippen LogP contribution in [0.4, 0.5) is 9.59 Å². The van der Waals surface area contributed by atoms with Crippen molar-refractivity contribution in [3.05, 3.63) is 65.9 Å². The Labute approximate surface area is 371 Å². The number of nitrogens with one attached hydrogen (secondary N) is 4. The van der Waals surface area contributed by atoms with Crippen molar-refractivity contribution in [3.8, 4) is 28.1 Å². The Bertz CT molecular complexity index is 2610. The maximum absolute atomic E-state index is 14.5. The average Bonchev–Trinajstić information content (AvgIpc) is 4.08. The molecule has 0 radical (unpaired) electrons. The number of amides is 4. The number of imidazole rings is 2. The number of fused-ring (bicyclic) bond motifs is 6. The standard InChI is InChI=1S/C48H58N8O8/c1-23(2)40(53-47(59)60)45(57)56-25(4)9-15-38(56)44-50-35-13-11-28-19-34-32-12-10-29(18-31(32)22-63-39(34)20-33(28)42(35)52-44)36-21-49-43(51-36)37-14-8-24(3)55(37)46(58)41(54-48(61)62-7)30-16-26(5)64-27(6)17-30/h10-13,18-21,23-27,30,37-38,40-41,53H,8-9,14-17,22H2,1-7H3,(H,49,51)(H,50,52)(H,54,61)(H,59,60)/t24-,25-,26-,27+,30?,37-,38-,40-,41+/m0/s1. The molecule has 338 valence electrons. The number of carbonyl (C=O) groups excluding carboxylic acids is 3. The van der Waals surface area contributed by atoms with Crippen LogP contribution in [0.15, 0.2) is 48.7 Å². The molecule has 4 aliphatic heterocycles. The zero-order valence-electron chi connectivity index (χ0n) is 37.4. The van der Waals surface area contributed by atoms with E-state index >= 15 is 0 Å². The molecular formula is C48H58N8O8. The van der Waals surface area contributed by atoms with Gasteiger partial charge < -0.3 is 49.7 Å². The predicted octanol–water partition coefficient (Wildman–Crippen LogP) is 7.99. The first-order chi connectivity index (χ1) is 30.7. The van der Waals surface area contributed by atoms with Gasteiger partial charge in [0.05, 0.1) is 54.3 Å². The Morgan fingerprint density at radius 1 is 0.844 bits per heavy atom. The summed E-state index contributed by atoms with van der Waals surface area (Å²) in [6.45, 7) is 12.1. The Kier molecular flexibility index (Phi) is 11.5. The van der Waals surface area contributed by atoms with Gasteiger partial charge in [0.25, 0.3) is 0 Å². The molecule has 4 amide bonds. The molecule has 3 aromatic carbocycles. The molecule has 16 heteroatoms. The Morgan fingerprint density at radius 3 is 2.23 bits per heavy atom. The van der Waals surface area contributed by atoms with Crippen LogP contribution in [-0.2, 0) is 25.7 Å². The third kappa shape index (κ3) is 7.90. The second-order valence-electron chi connectivity index (χ2n) is 18.6. The molecule has 5 N–H and O–H groups in total. The van der Waals surface area contributed by atoms with Gasteiger partial charge in [0, 0.05) is 23.0 Å². The van der Waals surface area contributed by atoms with E-state index in [1.165, 1.54) is 7.11 Å². The number of ether oxygens (including phenoxy) is 3. The minimum absolute atomic E-state index is 0.0329. The summed E-state index contributed by atoms with van der Waals surface area (Å²) in [7, 11) is 1.31. The highest BCUT2D eigenvalue weighted by molar-refractivity contribution is 6.07. The molecule has 16 nitrogen and oxygen atoms in total. The molecular weight excluding hydrogens is 817 g/mol. The van der Waals surface area contributed by atoms with Crippen LogP contribution in [0.1, 0.15) is 109 Å². The Balaban J connectivity index is 0.962. The van der Waals surface area contributed by atoms with E-state index in [1.54, 1.807) is 4.90 Å². The Hall–Kier alpha value is -6.16. The van der Waals surface area contributed by atoms with Crippen molar-refractivity contribution in [1.29, 1.82) is 0 Å². The maximum Gasteiger partial charge on any atom is 0.407 e. The first kappa shape index (κ1) is 43.1. The molecule has 9 atom stereocenters. The highest BCUT2D eigenvalue weighted by atomic mass is 16.5. The second kappa shape index (κ2) is 17.1. The van der Waals surface area contributed by atoms with Crippen LogP contribution in [0, 0.1) is 11.8 Å². The second-order valence-corrected chi connectivity index (χ2v) is 18.6. The van der Waals surface area contributed by atoms with Crippen LogP contribution in [0.2, 0.25) is 0 Å². The fourth-order valence-corrected chi connectivity index (χ4v) is 10.8. The van der Waals surface area contributed by atoms with Crippen LogP contribution in [-0.4, -0.2) is 102 Å². The third-order valence-corrected chi connectivity index (χ3v) is 13.9. The van der Waals surface area contributed by atoms with Crippen LogP contribution in [0.5, 0.6) is 5.75 Å². The average molecular weight is 875 g/mol. The number of benzene rings is 3. The van der Waals surface area contributed by atoms with E-state index in [2.05, 4.69) is 57.0 Å². The lowest BCUT2D eigenvalue weighted by molar-refractivity contribution is -0.140. The number of nitrogens with zero attached hydrogens (tertiary/aromatic N) is 4. The summed E-state index contributed by atoms with van der Waals surface area (Å²) in [5.74, 6) is 1.44. The number of hydrogen-bond acceptors (Lipinski definition) is 9. The number of carbonyl (C=O) groups is 4. The number of carboxylic acid groups (broad SMARTS) is 1. The summed E-state index contributed by atoms with van der Waals surface area (Å²) in [5, 5.41) is 16.7. The van der Waals surface area contributed by atoms with E-state index in [1.807, 2.05) is 58.7 Å². The zero-order chi connectivity index (χ0) is 45.1. The van der Waals surface area contributed by atoms with E-state index < -0.39 is 24.3 Å². The monoisotopic (exact) mass is 874 g/mol. The molecule has 0 saturated carbocycles. The van der Waals surface area contributed by atoms with Gasteiger partial charge in [0.1, 0.15) is 36.1 Å². The lowest BCUT2D eigenvalue weighted by Gasteiger charge is -2.39.